The summed E-state index contributed by atoms with van der Waals surface area (Å²) in [5, 5.41) is 9.91. The predicted octanol–water partition coefficient (Wildman–Crippen LogP) is 12.2. The van der Waals surface area contributed by atoms with Crippen LogP contribution in [0.1, 0.15) is 152 Å². The SMILES string of the molecule is C.C.CCC(CC)(CN)C(=O)OCOC(=O)C(C)(C)Oc1ccc(CCNC(=O)c2ccc(Cl)cc2)cc1.CCC(CC)(CNC)C(=O)OCOC(=O)C(C)(C)Oc1ccc(CCNC(=O)c2ccc(Cl)cc2)cc1.Cl.[2H]CC.[3H]C. The summed E-state index contributed by atoms with van der Waals surface area (Å²) >= 11 is 11.7. The molecule has 0 heterocycles. The summed E-state index contributed by atoms with van der Waals surface area (Å²) in [4.78, 5) is 74.4. The third-order valence-electron chi connectivity index (χ3n) is 12.4. The summed E-state index contributed by atoms with van der Waals surface area (Å²) in [6.45, 7) is 16.8. The van der Waals surface area contributed by atoms with E-state index < -0.39 is 59.5 Å². The van der Waals surface area contributed by atoms with E-state index in [1.54, 1.807) is 114 Å². The van der Waals surface area contributed by atoms with Gasteiger partial charge in [0.15, 0.2) is 11.2 Å². The zero-order valence-electron chi connectivity index (χ0n) is 48.6. The molecule has 444 valence electrons. The number of carbonyl (C=O) groups excluding carboxylic acids is 6. The lowest BCUT2D eigenvalue weighted by atomic mass is 9.82. The molecule has 4 aromatic rings. The Morgan fingerprint density at radius 3 is 1.15 bits per heavy atom. The molecule has 0 spiro atoms. The summed E-state index contributed by atoms with van der Waals surface area (Å²) in [6, 6.07) is 27.8. The van der Waals surface area contributed by atoms with Gasteiger partial charge in [-0.1, -0.05) is 111 Å². The normalized spacial score (nSPS) is 11.0. The van der Waals surface area contributed by atoms with Gasteiger partial charge in [0.05, 0.1) is 10.8 Å². The Kier molecular flexibility index (Phi) is 35.8. The third kappa shape index (κ3) is 25.0. The van der Waals surface area contributed by atoms with E-state index in [9.17, 15) is 28.8 Å². The van der Waals surface area contributed by atoms with Crippen molar-refractivity contribution in [3.8, 4) is 11.5 Å². The molecular formula is C60H91Cl3N4O12. The number of halogens is 3. The number of esters is 4. The molecule has 5 N–H and O–H groups in total. The van der Waals surface area contributed by atoms with Crippen molar-refractivity contribution >= 4 is 71.3 Å². The van der Waals surface area contributed by atoms with Gasteiger partial charge < -0.3 is 50.1 Å². The van der Waals surface area contributed by atoms with Gasteiger partial charge in [0.2, 0.25) is 13.6 Å². The Morgan fingerprint density at radius 1 is 0.557 bits per heavy atom. The van der Waals surface area contributed by atoms with Crippen molar-refractivity contribution < 1.29 is 59.9 Å². The Morgan fingerprint density at radius 2 is 0.861 bits per heavy atom. The van der Waals surface area contributed by atoms with Crippen LogP contribution in [0.4, 0.5) is 0 Å². The first-order chi connectivity index (χ1) is 37.0. The van der Waals surface area contributed by atoms with Crippen molar-refractivity contribution in [2.75, 3.05) is 46.8 Å². The number of carbonyl (C=O) groups is 6. The van der Waals surface area contributed by atoms with E-state index in [-0.39, 0.29) is 45.6 Å². The van der Waals surface area contributed by atoms with Crippen molar-refractivity contribution in [1.82, 2.24) is 16.0 Å². The highest BCUT2D eigenvalue weighted by Gasteiger charge is 2.38. The van der Waals surface area contributed by atoms with Gasteiger partial charge in [0.1, 0.15) is 11.5 Å². The number of hydrogen-bond acceptors (Lipinski definition) is 14. The van der Waals surface area contributed by atoms with Crippen molar-refractivity contribution in [2.24, 2.45) is 16.6 Å². The number of rotatable bonds is 27. The summed E-state index contributed by atoms with van der Waals surface area (Å²) in [5.41, 5.74) is 4.78. The van der Waals surface area contributed by atoms with Gasteiger partial charge >= 0.3 is 23.9 Å². The fourth-order valence-electron chi connectivity index (χ4n) is 7.21. The molecule has 4 rings (SSSR count). The first-order valence-electron chi connectivity index (χ1n) is 26.7. The van der Waals surface area contributed by atoms with E-state index in [0.717, 1.165) is 11.1 Å². The largest absolute Gasteiger partial charge is 0.476 e. The van der Waals surface area contributed by atoms with E-state index in [2.05, 4.69) is 16.0 Å². The van der Waals surface area contributed by atoms with Crippen LogP contribution in [-0.2, 0) is 51.0 Å². The highest BCUT2D eigenvalue weighted by atomic mass is 35.5. The molecule has 0 aliphatic heterocycles. The van der Waals surface area contributed by atoms with Gasteiger partial charge in [-0.15, -0.1) is 12.4 Å². The smallest absolute Gasteiger partial charge is 0.352 e. The van der Waals surface area contributed by atoms with Gasteiger partial charge in [-0.05, 0) is 157 Å². The van der Waals surface area contributed by atoms with Gasteiger partial charge in [-0.25, -0.2) is 9.59 Å². The molecule has 19 heteroatoms. The van der Waals surface area contributed by atoms with Crippen molar-refractivity contribution in [1.29, 1.82) is 0 Å². The summed E-state index contributed by atoms with van der Waals surface area (Å²) in [7, 11) is 3.03. The maximum absolute atomic E-state index is 12.6. The van der Waals surface area contributed by atoms with E-state index in [1.165, 1.54) is 7.40 Å². The van der Waals surface area contributed by atoms with Crippen LogP contribution in [0.3, 0.4) is 0 Å². The molecule has 0 saturated heterocycles. The maximum atomic E-state index is 12.6. The first kappa shape index (κ1) is 73.1. The molecule has 0 aliphatic rings. The van der Waals surface area contributed by atoms with Crippen LogP contribution >= 0.6 is 35.6 Å². The fraction of sp³-hybridized carbons (Fsp3) is 0.500. The van der Waals surface area contributed by atoms with Gasteiger partial charge in [-0.3, -0.25) is 19.2 Å². The summed E-state index contributed by atoms with van der Waals surface area (Å²) in [6.07, 6.45) is 3.53. The van der Waals surface area contributed by atoms with Crippen molar-refractivity contribution in [3.63, 3.8) is 0 Å². The molecule has 0 aromatic heterocycles. The maximum Gasteiger partial charge on any atom is 0.352 e. The van der Waals surface area contributed by atoms with Crippen LogP contribution in [0.2, 0.25) is 10.0 Å². The highest BCUT2D eigenvalue weighted by Crippen LogP contribution is 2.29. The van der Waals surface area contributed by atoms with Gasteiger partial charge in [-0.2, -0.15) is 0 Å². The second kappa shape index (κ2) is 38.6. The predicted molar refractivity (Wildman–Crippen MR) is 319 cm³/mol. The lowest BCUT2D eigenvalue weighted by Crippen LogP contribution is -2.42. The molecule has 2 amide bonds. The average molecular weight is 1170 g/mol. The zero-order chi connectivity index (χ0) is 59.0. The topological polar surface area (TPSA) is 220 Å². The van der Waals surface area contributed by atoms with Gasteiger partial charge in [0.25, 0.3) is 11.8 Å². The highest BCUT2D eigenvalue weighted by molar-refractivity contribution is 6.31. The summed E-state index contributed by atoms with van der Waals surface area (Å²) < 4.78 is 44.3. The summed E-state index contributed by atoms with van der Waals surface area (Å²) in [5.74, 6) is -1.59. The number of hydrogen-bond donors (Lipinski definition) is 4. The molecule has 16 nitrogen and oxygen atoms in total. The molecule has 0 aliphatic carbocycles. The number of benzene rings is 4. The molecule has 0 radical (unpaired) electrons. The minimum atomic E-state index is -1.30. The minimum Gasteiger partial charge on any atom is -0.476 e. The molecule has 0 atom stereocenters. The number of nitrogens with one attached hydrogen (secondary N) is 3. The van der Waals surface area contributed by atoms with E-state index >= 15 is 0 Å². The standard InChI is InChI=1S/C28H37ClN2O6.C27H35ClN2O6.C2H6.3CH4.ClH/c1-6-28(7-2,18-30-5)26(34)36-19-35-25(33)27(3,4)37-23-14-8-20(9-15-23)16-17-31-24(32)21-10-12-22(29)13-11-21;1-5-27(6-2,17-29)25(33)35-18-34-24(32)26(3,4)36-22-13-7-19(8-14-22)15-16-30-23(31)20-9-11-21(28)12-10-20;1-2;;;;/h8-15,30H,6-7,16-19H2,1-5H3,(H,31,32);7-14H,5-6,15-18,29H2,1-4H3,(H,30,31);1-2H3;3*1H4;1H/i;;1D;1T;;;. The van der Waals surface area contributed by atoms with E-state index in [4.69, 9.17) is 60.1 Å². The Labute approximate surface area is 490 Å². The molecule has 0 fully saturated rings. The lowest BCUT2D eigenvalue weighted by Gasteiger charge is -2.29. The van der Waals surface area contributed by atoms with Crippen LogP contribution in [-0.4, -0.2) is 93.7 Å². The Hall–Kier alpha value is -5.91. The van der Waals surface area contributed by atoms with Crippen LogP contribution in [0.15, 0.2) is 97.1 Å². The van der Waals surface area contributed by atoms with E-state index in [0.29, 0.717) is 97.7 Å². The average Bonchev–Trinajstić information content (AvgIpc) is 3.42. The molecule has 79 heavy (non-hydrogen) atoms. The number of ether oxygens (including phenoxy) is 6. The monoisotopic (exact) mass is 1170 g/mol. The molecular weight excluding hydrogens is 1080 g/mol. The lowest BCUT2D eigenvalue weighted by molar-refractivity contribution is -0.184. The van der Waals surface area contributed by atoms with Crippen LogP contribution in [0.5, 0.6) is 11.5 Å². The fourth-order valence-corrected chi connectivity index (χ4v) is 7.46. The van der Waals surface area contributed by atoms with Crippen LogP contribution in [0.25, 0.3) is 0 Å². The number of nitrogens with two attached hydrogens (primary N) is 1. The molecule has 0 unspecified atom stereocenters. The second-order valence-corrected chi connectivity index (χ2v) is 19.1. The zero-order valence-corrected chi connectivity index (χ0v) is 48.9. The Bertz CT molecular complexity index is 2420. The van der Waals surface area contributed by atoms with Crippen molar-refractivity contribution in [2.45, 2.75) is 141 Å². The van der Waals surface area contributed by atoms with Crippen LogP contribution in [0, 0.1) is 10.8 Å². The van der Waals surface area contributed by atoms with Crippen LogP contribution < -0.4 is 31.2 Å². The third-order valence-corrected chi connectivity index (χ3v) is 12.9. The quantitative estimate of drug-likeness (QED) is 0.0322. The van der Waals surface area contributed by atoms with E-state index in [1.807, 2.05) is 52.0 Å². The molecule has 0 bridgehead atoms. The van der Waals surface area contributed by atoms with Crippen molar-refractivity contribution in [3.05, 3.63) is 129 Å². The molecule has 0 saturated carbocycles. The minimum absolute atomic E-state index is 0. The van der Waals surface area contributed by atoms with Gasteiger partial charge in [0, 0.05) is 50.1 Å². The second-order valence-electron chi connectivity index (χ2n) is 18.2. The molecule has 4 aromatic carbocycles. The first-order valence-corrected chi connectivity index (χ1v) is 25.8. The number of amides is 2. The Balaban J connectivity index is -0.00000134.